The van der Waals surface area contributed by atoms with Crippen LogP contribution in [0.5, 0.6) is 0 Å². The summed E-state index contributed by atoms with van der Waals surface area (Å²) in [5.41, 5.74) is -0.0614. The molecule has 0 aromatic carbocycles. The van der Waals surface area contributed by atoms with Gasteiger partial charge in [0, 0.05) is 25.2 Å². The second-order valence-corrected chi connectivity index (χ2v) is 4.70. The summed E-state index contributed by atoms with van der Waals surface area (Å²) in [6, 6.07) is 0. The van der Waals surface area contributed by atoms with E-state index in [1.54, 1.807) is 6.08 Å². The maximum atomic E-state index is 11.9. The van der Waals surface area contributed by atoms with Crippen molar-refractivity contribution in [2.24, 2.45) is 0 Å². The van der Waals surface area contributed by atoms with Crippen molar-refractivity contribution in [2.45, 2.75) is 32.5 Å². The minimum Gasteiger partial charge on any atom is -0.307 e. The Labute approximate surface area is 95.5 Å². The largest absolute Gasteiger partial charge is 0.401 e. The summed E-state index contributed by atoms with van der Waals surface area (Å²) in [6.45, 7) is 10.4. The van der Waals surface area contributed by atoms with Gasteiger partial charge in [-0.2, -0.15) is 13.2 Å². The van der Waals surface area contributed by atoms with Gasteiger partial charge < -0.3 is 5.32 Å². The predicted octanol–water partition coefficient (Wildman–Crippen LogP) is 2.42. The van der Waals surface area contributed by atoms with E-state index in [4.69, 9.17) is 0 Å². The van der Waals surface area contributed by atoms with E-state index in [0.29, 0.717) is 19.6 Å². The number of halogens is 3. The molecule has 0 aliphatic carbocycles. The van der Waals surface area contributed by atoms with Crippen molar-refractivity contribution in [3.05, 3.63) is 12.7 Å². The maximum Gasteiger partial charge on any atom is 0.401 e. The van der Waals surface area contributed by atoms with Gasteiger partial charge >= 0.3 is 6.18 Å². The Morgan fingerprint density at radius 2 is 1.81 bits per heavy atom. The van der Waals surface area contributed by atoms with E-state index in [1.807, 2.05) is 20.8 Å². The molecule has 0 saturated heterocycles. The van der Waals surface area contributed by atoms with E-state index < -0.39 is 12.7 Å². The van der Waals surface area contributed by atoms with Crippen molar-refractivity contribution in [1.29, 1.82) is 0 Å². The molecule has 16 heavy (non-hydrogen) atoms. The zero-order valence-electron chi connectivity index (χ0n) is 10.2. The van der Waals surface area contributed by atoms with Crippen LogP contribution < -0.4 is 5.32 Å². The molecule has 0 spiro atoms. The topological polar surface area (TPSA) is 15.3 Å². The molecule has 0 aromatic heterocycles. The van der Waals surface area contributed by atoms with Crippen molar-refractivity contribution >= 4 is 0 Å². The molecule has 0 rings (SSSR count). The molecule has 0 unspecified atom stereocenters. The molecule has 0 saturated carbocycles. The summed E-state index contributed by atoms with van der Waals surface area (Å²) in [4.78, 5) is 2.07. The standard InChI is InChI=1S/C11H21F3N2/c1-5-7-16(10(2,3)4)8-6-15-9-11(12,13)14/h5,15H,1,6-9H2,2-4H3. The van der Waals surface area contributed by atoms with Crippen LogP contribution >= 0.6 is 0 Å². The lowest BCUT2D eigenvalue weighted by Crippen LogP contribution is -2.45. The fraction of sp³-hybridized carbons (Fsp3) is 0.818. The molecule has 0 radical (unpaired) electrons. The van der Waals surface area contributed by atoms with Crippen molar-refractivity contribution in [2.75, 3.05) is 26.2 Å². The van der Waals surface area contributed by atoms with Gasteiger partial charge in [-0.05, 0) is 20.8 Å². The minimum absolute atomic E-state index is 0.0614. The first-order chi connectivity index (χ1) is 7.17. The van der Waals surface area contributed by atoms with Gasteiger partial charge in [-0.1, -0.05) is 6.08 Å². The highest BCUT2D eigenvalue weighted by Gasteiger charge is 2.26. The molecule has 0 aliphatic heterocycles. The molecule has 0 atom stereocenters. The fourth-order valence-corrected chi connectivity index (χ4v) is 1.30. The molecule has 2 nitrogen and oxygen atoms in total. The molecule has 0 aromatic rings. The lowest BCUT2D eigenvalue weighted by Gasteiger charge is -2.34. The molecular formula is C11H21F3N2. The molecule has 0 heterocycles. The quantitative estimate of drug-likeness (QED) is 0.565. The lowest BCUT2D eigenvalue weighted by atomic mass is 10.1. The molecule has 5 heteroatoms. The Kier molecular flexibility index (Phi) is 6.04. The average molecular weight is 238 g/mol. The SMILES string of the molecule is C=CCN(CCNCC(F)(F)F)C(C)(C)C. The van der Waals surface area contributed by atoms with E-state index in [-0.39, 0.29) is 5.54 Å². The van der Waals surface area contributed by atoms with Crippen LogP contribution in [0.3, 0.4) is 0 Å². The Hall–Kier alpha value is -0.550. The van der Waals surface area contributed by atoms with E-state index in [9.17, 15) is 13.2 Å². The van der Waals surface area contributed by atoms with Gasteiger partial charge in [0.2, 0.25) is 0 Å². The van der Waals surface area contributed by atoms with Crippen molar-refractivity contribution in [1.82, 2.24) is 10.2 Å². The number of hydrogen-bond donors (Lipinski definition) is 1. The van der Waals surface area contributed by atoms with Crippen LogP contribution in [0.1, 0.15) is 20.8 Å². The number of nitrogens with zero attached hydrogens (tertiary/aromatic N) is 1. The molecule has 0 aliphatic rings. The highest BCUT2D eigenvalue weighted by atomic mass is 19.4. The van der Waals surface area contributed by atoms with Crippen LogP contribution in [0.15, 0.2) is 12.7 Å². The number of nitrogens with one attached hydrogen (secondary N) is 1. The average Bonchev–Trinajstić information content (AvgIpc) is 2.06. The normalized spacial score (nSPS) is 13.2. The molecule has 96 valence electrons. The van der Waals surface area contributed by atoms with Crippen LogP contribution in [-0.4, -0.2) is 42.8 Å². The second kappa shape index (κ2) is 6.25. The summed E-state index contributed by atoms with van der Waals surface area (Å²) in [5, 5.41) is 2.39. The Morgan fingerprint density at radius 3 is 2.19 bits per heavy atom. The van der Waals surface area contributed by atoms with Gasteiger partial charge in [-0.15, -0.1) is 6.58 Å². The van der Waals surface area contributed by atoms with E-state index >= 15 is 0 Å². The van der Waals surface area contributed by atoms with Gasteiger partial charge in [0.15, 0.2) is 0 Å². The maximum absolute atomic E-state index is 11.9. The summed E-state index contributed by atoms with van der Waals surface area (Å²) < 4.78 is 35.6. The summed E-state index contributed by atoms with van der Waals surface area (Å²) in [6.07, 6.45) is -2.37. The summed E-state index contributed by atoms with van der Waals surface area (Å²) in [5.74, 6) is 0. The number of rotatable bonds is 6. The van der Waals surface area contributed by atoms with E-state index in [2.05, 4.69) is 16.8 Å². The fourth-order valence-electron chi connectivity index (χ4n) is 1.30. The smallest absolute Gasteiger partial charge is 0.307 e. The zero-order chi connectivity index (χ0) is 12.8. The van der Waals surface area contributed by atoms with Crippen molar-refractivity contribution < 1.29 is 13.2 Å². The first-order valence-electron chi connectivity index (χ1n) is 5.30. The lowest BCUT2D eigenvalue weighted by molar-refractivity contribution is -0.124. The van der Waals surface area contributed by atoms with Crippen molar-refractivity contribution in [3.63, 3.8) is 0 Å². The Balaban J connectivity index is 3.91. The van der Waals surface area contributed by atoms with Gasteiger partial charge in [-0.25, -0.2) is 0 Å². The molecule has 0 fully saturated rings. The second-order valence-electron chi connectivity index (χ2n) is 4.70. The van der Waals surface area contributed by atoms with E-state index in [0.717, 1.165) is 0 Å². The molecule has 1 N–H and O–H groups in total. The third-order valence-electron chi connectivity index (χ3n) is 2.18. The van der Waals surface area contributed by atoms with Gasteiger partial charge in [0.05, 0.1) is 6.54 Å². The summed E-state index contributed by atoms with van der Waals surface area (Å²) in [7, 11) is 0. The van der Waals surface area contributed by atoms with E-state index in [1.165, 1.54) is 0 Å². The highest BCUT2D eigenvalue weighted by molar-refractivity contribution is 4.83. The zero-order valence-corrected chi connectivity index (χ0v) is 10.2. The third-order valence-corrected chi connectivity index (χ3v) is 2.18. The van der Waals surface area contributed by atoms with Gasteiger partial charge in [0.1, 0.15) is 0 Å². The predicted molar refractivity (Wildman–Crippen MR) is 60.4 cm³/mol. The minimum atomic E-state index is -4.13. The van der Waals surface area contributed by atoms with Crippen LogP contribution in [0.2, 0.25) is 0 Å². The first kappa shape index (κ1) is 15.4. The molecule has 0 bridgehead atoms. The number of hydrogen-bond acceptors (Lipinski definition) is 2. The van der Waals surface area contributed by atoms with Crippen molar-refractivity contribution in [3.8, 4) is 0 Å². The number of alkyl halides is 3. The van der Waals surface area contributed by atoms with Crippen LogP contribution in [0.25, 0.3) is 0 Å². The molecular weight excluding hydrogens is 217 g/mol. The highest BCUT2D eigenvalue weighted by Crippen LogP contribution is 2.13. The van der Waals surface area contributed by atoms with Gasteiger partial charge in [-0.3, -0.25) is 4.90 Å². The Bertz CT molecular complexity index is 206. The monoisotopic (exact) mass is 238 g/mol. The molecule has 0 amide bonds. The summed E-state index contributed by atoms with van der Waals surface area (Å²) >= 11 is 0. The Morgan fingerprint density at radius 1 is 1.25 bits per heavy atom. The van der Waals surface area contributed by atoms with Crippen LogP contribution in [0, 0.1) is 0 Å². The van der Waals surface area contributed by atoms with Gasteiger partial charge in [0.25, 0.3) is 0 Å². The first-order valence-corrected chi connectivity index (χ1v) is 5.30. The van der Waals surface area contributed by atoms with Crippen LogP contribution in [-0.2, 0) is 0 Å². The van der Waals surface area contributed by atoms with Crippen LogP contribution in [0.4, 0.5) is 13.2 Å². The third kappa shape index (κ3) is 7.70.